The Bertz CT molecular complexity index is 1240. The number of benzene rings is 3. The van der Waals surface area contributed by atoms with Gasteiger partial charge in [-0.15, -0.1) is 0 Å². The molecule has 0 spiro atoms. The normalized spacial score (nSPS) is 11.7. The van der Waals surface area contributed by atoms with Gasteiger partial charge in [0.15, 0.2) is 0 Å². The van der Waals surface area contributed by atoms with Crippen molar-refractivity contribution >= 4 is 10.9 Å². The van der Waals surface area contributed by atoms with Gasteiger partial charge in [0, 0.05) is 11.6 Å². The van der Waals surface area contributed by atoms with E-state index in [4.69, 9.17) is 4.74 Å². The zero-order valence-electron chi connectivity index (χ0n) is 17.5. The Hall–Kier alpha value is -3.34. The molecule has 3 aromatic carbocycles. The second-order valence-corrected chi connectivity index (χ2v) is 7.70. The summed E-state index contributed by atoms with van der Waals surface area (Å²) in [5, 5.41) is 0.474. The van der Waals surface area contributed by atoms with Crippen molar-refractivity contribution in [3.63, 3.8) is 0 Å². The summed E-state index contributed by atoms with van der Waals surface area (Å²) in [6, 6.07) is 17.8. The highest BCUT2D eigenvalue weighted by Gasteiger charge is 2.33. The molecule has 31 heavy (non-hydrogen) atoms. The Labute approximate surface area is 179 Å². The van der Waals surface area contributed by atoms with Crippen LogP contribution in [0.15, 0.2) is 66.9 Å². The maximum Gasteiger partial charge on any atom is 0.418 e. The minimum atomic E-state index is -4.46. The van der Waals surface area contributed by atoms with Crippen molar-refractivity contribution in [2.45, 2.75) is 33.6 Å². The molecule has 0 N–H and O–H groups in total. The quantitative estimate of drug-likeness (QED) is 0.342. The van der Waals surface area contributed by atoms with Gasteiger partial charge < -0.3 is 4.74 Å². The highest BCUT2D eigenvalue weighted by atomic mass is 19.4. The molecule has 4 rings (SSSR count). The van der Waals surface area contributed by atoms with Crippen LogP contribution in [0.4, 0.5) is 13.2 Å². The largest absolute Gasteiger partial charge is 0.489 e. The number of pyridine rings is 1. The van der Waals surface area contributed by atoms with Crippen LogP contribution in [0.2, 0.25) is 0 Å². The molecule has 1 aromatic heterocycles. The maximum absolute atomic E-state index is 13.5. The summed E-state index contributed by atoms with van der Waals surface area (Å²) in [6.45, 7) is 6.38. The van der Waals surface area contributed by atoms with Crippen LogP contribution in [-0.2, 0) is 12.8 Å². The van der Waals surface area contributed by atoms with Crippen molar-refractivity contribution in [3.8, 4) is 16.9 Å². The number of nitrogens with zero attached hydrogens (tertiary/aromatic N) is 1. The van der Waals surface area contributed by atoms with Gasteiger partial charge in [0.1, 0.15) is 12.4 Å². The molecular weight excluding hydrogens is 399 g/mol. The summed E-state index contributed by atoms with van der Waals surface area (Å²) in [5.41, 5.74) is 5.01. The van der Waals surface area contributed by atoms with Gasteiger partial charge in [0.25, 0.3) is 0 Å². The Morgan fingerprint density at radius 2 is 1.52 bits per heavy atom. The van der Waals surface area contributed by atoms with Crippen molar-refractivity contribution in [2.24, 2.45) is 0 Å². The first-order valence-corrected chi connectivity index (χ1v) is 9.99. The first kappa shape index (κ1) is 20.9. The summed E-state index contributed by atoms with van der Waals surface area (Å²) >= 11 is 0. The molecule has 0 saturated heterocycles. The summed E-state index contributed by atoms with van der Waals surface area (Å²) in [4.78, 5) is 4.10. The van der Waals surface area contributed by atoms with Gasteiger partial charge in [-0.05, 0) is 72.4 Å². The number of alkyl halides is 3. The van der Waals surface area contributed by atoms with Crippen LogP contribution in [0, 0.1) is 20.8 Å². The summed E-state index contributed by atoms with van der Waals surface area (Å²) in [7, 11) is 0. The van der Waals surface area contributed by atoms with Gasteiger partial charge in [0.05, 0.1) is 11.1 Å². The Kier molecular flexibility index (Phi) is 5.44. The van der Waals surface area contributed by atoms with E-state index in [1.54, 1.807) is 6.07 Å². The van der Waals surface area contributed by atoms with Crippen molar-refractivity contribution in [1.82, 2.24) is 4.98 Å². The molecule has 0 fully saturated rings. The Morgan fingerprint density at radius 1 is 0.839 bits per heavy atom. The highest BCUT2D eigenvalue weighted by molar-refractivity contribution is 5.97. The molecule has 2 nitrogen and oxygen atoms in total. The van der Waals surface area contributed by atoms with Gasteiger partial charge in [0.2, 0.25) is 0 Å². The van der Waals surface area contributed by atoms with E-state index < -0.39 is 11.7 Å². The molecule has 0 aliphatic carbocycles. The number of fused-ring (bicyclic) bond motifs is 1. The lowest BCUT2D eigenvalue weighted by Gasteiger charge is -2.16. The Balaban J connectivity index is 1.75. The molecular formula is C26H22F3NO. The highest BCUT2D eigenvalue weighted by Crippen LogP contribution is 2.38. The van der Waals surface area contributed by atoms with Gasteiger partial charge in [-0.25, -0.2) is 0 Å². The van der Waals surface area contributed by atoms with Crippen LogP contribution in [0.1, 0.15) is 27.8 Å². The molecule has 0 bridgehead atoms. The van der Waals surface area contributed by atoms with Crippen LogP contribution >= 0.6 is 0 Å². The van der Waals surface area contributed by atoms with Gasteiger partial charge >= 0.3 is 6.18 Å². The second kappa shape index (κ2) is 8.06. The van der Waals surface area contributed by atoms with E-state index in [1.165, 1.54) is 12.3 Å². The number of aromatic nitrogens is 1. The predicted molar refractivity (Wildman–Crippen MR) is 117 cm³/mol. The van der Waals surface area contributed by atoms with Gasteiger partial charge in [-0.1, -0.05) is 42.5 Å². The molecule has 158 valence electrons. The van der Waals surface area contributed by atoms with E-state index in [2.05, 4.69) is 4.98 Å². The van der Waals surface area contributed by atoms with Gasteiger partial charge in [-0.3, -0.25) is 4.98 Å². The number of hydrogen-bond acceptors (Lipinski definition) is 2. The van der Waals surface area contributed by atoms with E-state index in [1.807, 2.05) is 63.2 Å². The molecule has 0 amide bonds. The number of ether oxygens (including phenoxy) is 1. The average molecular weight is 421 g/mol. The molecule has 1 heterocycles. The molecule has 0 radical (unpaired) electrons. The number of para-hydroxylation sites is 1. The van der Waals surface area contributed by atoms with E-state index in [-0.39, 0.29) is 5.52 Å². The third kappa shape index (κ3) is 4.13. The molecule has 4 aromatic rings. The Morgan fingerprint density at radius 3 is 2.23 bits per heavy atom. The lowest BCUT2D eigenvalue weighted by molar-refractivity contribution is -0.136. The lowest BCUT2D eigenvalue weighted by Crippen LogP contribution is -2.07. The number of rotatable bonds is 4. The molecule has 0 atom stereocenters. The summed E-state index contributed by atoms with van der Waals surface area (Å²) < 4.78 is 46.5. The predicted octanol–water partition coefficient (Wildman–Crippen LogP) is 7.42. The fourth-order valence-corrected chi connectivity index (χ4v) is 3.91. The van der Waals surface area contributed by atoms with Crippen LogP contribution in [0.5, 0.6) is 5.75 Å². The van der Waals surface area contributed by atoms with Crippen molar-refractivity contribution in [1.29, 1.82) is 0 Å². The molecule has 0 aliphatic heterocycles. The zero-order valence-corrected chi connectivity index (χ0v) is 17.5. The van der Waals surface area contributed by atoms with Crippen molar-refractivity contribution in [3.05, 3.63) is 94.7 Å². The maximum atomic E-state index is 13.5. The van der Waals surface area contributed by atoms with E-state index >= 15 is 0 Å². The second-order valence-electron chi connectivity index (χ2n) is 7.70. The molecule has 5 heteroatoms. The topological polar surface area (TPSA) is 22.1 Å². The molecule has 0 unspecified atom stereocenters. The van der Waals surface area contributed by atoms with E-state index in [9.17, 15) is 13.2 Å². The monoisotopic (exact) mass is 421 g/mol. The third-order valence-corrected chi connectivity index (χ3v) is 5.54. The SMILES string of the molecule is Cc1cccc(C)c1COc1cccc(-c2c(C)cnc3c(C(F)(F)F)cccc23)c1. The van der Waals surface area contributed by atoms with Crippen LogP contribution in [-0.4, -0.2) is 4.98 Å². The van der Waals surface area contributed by atoms with Crippen LogP contribution in [0.25, 0.3) is 22.0 Å². The van der Waals surface area contributed by atoms with E-state index in [0.29, 0.717) is 17.7 Å². The molecule has 0 aliphatic rings. The third-order valence-electron chi connectivity index (χ3n) is 5.54. The average Bonchev–Trinajstić information content (AvgIpc) is 2.72. The van der Waals surface area contributed by atoms with Crippen molar-refractivity contribution in [2.75, 3.05) is 0 Å². The minimum absolute atomic E-state index is 0.0440. The van der Waals surface area contributed by atoms with Crippen LogP contribution in [0.3, 0.4) is 0 Å². The standard InChI is InChI=1S/C26H22F3NO/c1-16-7-4-8-17(2)22(16)15-31-20-10-5-9-19(13-20)24-18(3)14-30-25-21(24)11-6-12-23(25)26(27,28)29/h4-14H,15H2,1-3H3. The van der Waals surface area contributed by atoms with E-state index in [0.717, 1.165) is 39.4 Å². The number of hydrogen-bond donors (Lipinski definition) is 0. The minimum Gasteiger partial charge on any atom is -0.489 e. The first-order valence-electron chi connectivity index (χ1n) is 9.99. The first-order chi connectivity index (χ1) is 14.8. The summed E-state index contributed by atoms with van der Waals surface area (Å²) in [5.74, 6) is 0.663. The number of aryl methyl sites for hydroxylation is 3. The van der Waals surface area contributed by atoms with Crippen molar-refractivity contribution < 1.29 is 17.9 Å². The fourth-order valence-electron chi connectivity index (χ4n) is 3.91. The van der Waals surface area contributed by atoms with Crippen LogP contribution < -0.4 is 4.74 Å². The smallest absolute Gasteiger partial charge is 0.418 e. The zero-order chi connectivity index (χ0) is 22.2. The molecule has 0 saturated carbocycles. The summed E-state index contributed by atoms with van der Waals surface area (Å²) in [6.07, 6.45) is -2.97. The number of halogens is 3. The fraction of sp³-hybridized carbons (Fsp3) is 0.192. The lowest BCUT2D eigenvalue weighted by atomic mass is 9.95. The van der Waals surface area contributed by atoms with Gasteiger partial charge in [-0.2, -0.15) is 13.2 Å².